The van der Waals surface area contributed by atoms with Gasteiger partial charge in [-0.2, -0.15) is 4.31 Å². The first-order chi connectivity index (χ1) is 12.9. The molecule has 2 heterocycles. The van der Waals surface area contributed by atoms with E-state index in [-0.39, 0.29) is 0 Å². The van der Waals surface area contributed by atoms with Gasteiger partial charge >= 0.3 is 0 Å². The average Bonchev–Trinajstić information content (AvgIpc) is 3.19. The van der Waals surface area contributed by atoms with Crippen LogP contribution < -0.4 is 5.32 Å². The predicted molar refractivity (Wildman–Crippen MR) is 106 cm³/mol. The zero-order valence-corrected chi connectivity index (χ0v) is 17.3. The van der Waals surface area contributed by atoms with Gasteiger partial charge in [-0.25, -0.2) is 8.42 Å². The molecule has 0 bridgehead atoms. The molecule has 27 heavy (non-hydrogen) atoms. The van der Waals surface area contributed by atoms with E-state index in [0.717, 1.165) is 62.5 Å². The van der Waals surface area contributed by atoms with Crippen LogP contribution in [0.15, 0.2) is 23.1 Å². The lowest BCUT2D eigenvalue weighted by Crippen LogP contribution is -2.36. The maximum atomic E-state index is 13.1. The molecule has 0 aromatic heterocycles. The Balaban J connectivity index is 1.34. The number of nitrogens with zero attached hydrogens (tertiary/aromatic N) is 1. The SMILES string of the molecule is Cc1ccc(S(=O)(=O)N2C[C@H]3C[C@@H](NCC4CCOCC4)C[C@H]3C2)c(C)c1. The molecule has 0 radical (unpaired) electrons. The zero-order chi connectivity index (χ0) is 19.0. The van der Waals surface area contributed by atoms with Crippen molar-refractivity contribution in [1.29, 1.82) is 0 Å². The third-order valence-corrected chi connectivity index (χ3v) is 8.69. The third-order valence-electron chi connectivity index (χ3n) is 6.70. The first-order valence-corrected chi connectivity index (χ1v) is 11.8. The molecule has 0 unspecified atom stereocenters. The highest BCUT2D eigenvalue weighted by Gasteiger charge is 2.45. The number of ether oxygens (including phenoxy) is 1. The van der Waals surface area contributed by atoms with Crippen molar-refractivity contribution in [2.45, 2.75) is 50.5 Å². The van der Waals surface area contributed by atoms with Gasteiger partial charge in [0.2, 0.25) is 10.0 Å². The molecule has 150 valence electrons. The fraction of sp³-hybridized carbons (Fsp3) is 0.714. The lowest BCUT2D eigenvalue weighted by atomic mass is 10.00. The fourth-order valence-electron chi connectivity index (χ4n) is 5.13. The van der Waals surface area contributed by atoms with E-state index >= 15 is 0 Å². The van der Waals surface area contributed by atoms with Gasteiger partial charge in [0.05, 0.1) is 4.90 Å². The summed E-state index contributed by atoms with van der Waals surface area (Å²) in [5.41, 5.74) is 1.95. The predicted octanol–water partition coefficient (Wildman–Crippen LogP) is 2.72. The Bertz CT molecular complexity index is 760. The van der Waals surface area contributed by atoms with Crippen LogP contribution in [-0.4, -0.2) is 51.6 Å². The number of nitrogens with one attached hydrogen (secondary N) is 1. The molecule has 3 fully saturated rings. The third kappa shape index (κ3) is 4.09. The normalized spacial score (nSPS) is 29.9. The lowest BCUT2D eigenvalue weighted by Gasteiger charge is -2.25. The van der Waals surface area contributed by atoms with Crippen LogP contribution in [0.25, 0.3) is 0 Å². The summed E-state index contributed by atoms with van der Waals surface area (Å²) in [6.45, 7) is 8.12. The minimum Gasteiger partial charge on any atom is -0.381 e. The summed E-state index contributed by atoms with van der Waals surface area (Å²) in [5.74, 6) is 1.73. The highest BCUT2D eigenvalue weighted by molar-refractivity contribution is 7.89. The first-order valence-electron chi connectivity index (χ1n) is 10.3. The molecule has 2 aliphatic heterocycles. The molecule has 3 atom stereocenters. The Morgan fingerprint density at radius 3 is 2.41 bits per heavy atom. The molecule has 1 aliphatic carbocycles. The molecule has 6 heteroatoms. The van der Waals surface area contributed by atoms with Gasteiger partial charge in [0.1, 0.15) is 0 Å². The van der Waals surface area contributed by atoms with E-state index in [1.807, 2.05) is 26.0 Å². The van der Waals surface area contributed by atoms with Crippen molar-refractivity contribution in [3.63, 3.8) is 0 Å². The van der Waals surface area contributed by atoms with Crippen molar-refractivity contribution in [3.8, 4) is 0 Å². The van der Waals surface area contributed by atoms with E-state index in [9.17, 15) is 8.42 Å². The largest absolute Gasteiger partial charge is 0.381 e. The van der Waals surface area contributed by atoms with Crippen LogP contribution in [0.2, 0.25) is 0 Å². The quantitative estimate of drug-likeness (QED) is 0.837. The molecule has 5 nitrogen and oxygen atoms in total. The molecule has 1 N–H and O–H groups in total. The number of benzene rings is 1. The summed E-state index contributed by atoms with van der Waals surface area (Å²) in [5, 5.41) is 3.76. The number of hydrogen-bond donors (Lipinski definition) is 1. The molecule has 3 aliphatic rings. The van der Waals surface area contributed by atoms with E-state index in [2.05, 4.69) is 5.32 Å². The van der Waals surface area contributed by atoms with E-state index in [4.69, 9.17) is 4.74 Å². The smallest absolute Gasteiger partial charge is 0.243 e. The van der Waals surface area contributed by atoms with Gasteiger partial charge in [0.15, 0.2) is 0 Å². The number of aryl methyl sites for hydroxylation is 2. The Labute approximate surface area is 163 Å². The molecule has 0 amide bonds. The molecule has 2 saturated heterocycles. The highest BCUT2D eigenvalue weighted by Crippen LogP contribution is 2.40. The zero-order valence-electron chi connectivity index (χ0n) is 16.5. The molecular formula is C21H32N2O3S. The number of rotatable bonds is 5. The minimum absolute atomic E-state index is 0.474. The fourth-order valence-corrected chi connectivity index (χ4v) is 6.89. The molecule has 0 spiro atoms. The van der Waals surface area contributed by atoms with Crippen molar-refractivity contribution >= 4 is 10.0 Å². The Hall–Kier alpha value is -0.950. The van der Waals surface area contributed by atoms with Crippen LogP contribution in [0.1, 0.15) is 36.8 Å². The van der Waals surface area contributed by atoms with Crippen molar-refractivity contribution in [3.05, 3.63) is 29.3 Å². The van der Waals surface area contributed by atoms with Crippen LogP contribution in [0, 0.1) is 31.6 Å². The number of sulfonamides is 1. The topological polar surface area (TPSA) is 58.6 Å². The number of fused-ring (bicyclic) bond motifs is 1. The maximum Gasteiger partial charge on any atom is 0.243 e. The Morgan fingerprint density at radius 2 is 1.78 bits per heavy atom. The van der Waals surface area contributed by atoms with Crippen LogP contribution in [0.4, 0.5) is 0 Å². The second kappa shape index (κ2) is 7.82. The van der Waals surface area contributed by atoms with Crippen molar-refractivity contribution in [2.75, 3.05) is 32.8 Å². The molecular weight excluding hydrogens is 360 g/mol. The van der Waals surface area contributed by atoms with Crippen LogP contribution in [-0.2, 0) is 14.8 Å². The van der Waals surface area contributed by atoms with E-state index in [1.54, 1.807) is 10.4 Å². The summed E-state index contributed by atoms with van der Waals surface area (Å²) < 4.78 is 33.4. The van der Waals surface area contributed by atoms with E-state index in [0.29, 0.717) is 35.9 Å². The summed E-state index contributed by atoms with van der Waals surface area (Å²) in [6.07, 6.45) is 4.53. The van der Waals surface area contributed by atoms with E-state index in [1.165, 1.54) is 0 Å². The van der Waals surface area contributed by atoms with Gasteiger partial charge in [-0.15, -0.1) is 0 Å². The van der Waals surface area contributed by atoms with Gasteiger partial charge in [-0.05, 0) is 75.5 Å². The summed E-state index contributed by atoms with van der Waals surface area (Å²) in [6, 6.07) is 6.17. The highest BCUT2D eigenvalue weighted by atomic mass is 32.2. The Morgan fingerprint density at radius 1 is 1.11 bits per heavy atom. The van der Waals surface area contributed by atoms with Gasteiger partial charge in [-0.3, -0.25) is 0 Å². The first kappa shape index (κ1) is 19.4. The summed E-state index contributed by atoms with van der Waals surface area (Å²) in [7, 11) is -3.38. The molecule has 4 rings (SSSR count). The van der Waals surface area contributed by atoms with Crippen molar-refractivity contribution < 1.29 is 13.2 Å². The van der Waals surface area contributed by atoms with Gasteiger partial charge in [-0.1, -0.05) is 17.7 Å². The summed E-state index contributed by atoms with van der Waals surface area (Å²) >= 11 is 0. The second-order valence-corrected chi connectivity index (χ2v) is 10.6. The van der Waals surface area contributed by atoms with Crippen molar-refractivity contribution in [1.82, 2.24) is 9.62 Å². The Kier molecular flexibility index (Phi) is 5.61. The molecule has 1 aromatic carbocycles. The average molecular weight is 393 g/mol. The molecule has 1 saturated carbocycles. The monoisotopic (exact) mass is 392 g/mol. The van der Waals surface area contributed by atoms with Crippen LogP contribution >= 0.6 is 0 Å². The van der Waals surface area contributed by atoms with Crippen LogP contribution in [0.3, 0.4) is 0 Å². The maximum absolute atomic E-state index is 13.1. The minimum atomic E-state index is -3.38. The molecule has 1 aromatic rings. The van der Waals surface area contributed by atoms with Gasteiger partial charge in [0.25, 0.3) is 0 Å². The van der Waals surface area contributed by atoms with Crippen molar-refractivity contribution in [2.24, 2.45) is 17.8 Å². The van der Waals surface area contributed by atoms with Gasteiger partial charge in [0, 0.05) is 32.3 Å². The summed E-state index contributed by atoms with van der Waals surface area (Å²) in [4.78, 5) is 0.474. The lowest BCUT2D eigenvalue weighted by molar-refractivity contribution is 0.0654. The van der Waals surface area contributed by atoms with E-state index < -0.39 is 10.0 Å². The van der Waals surface area contributed by atoms with Crippen LogP contribution in [0.5, 0.6) is 0 Å². The number of hydrogen-bond acceptors (Lipinski definition) is 4. The van der Waals surface area contributed by atoms with Gasteiger partial charge < -0.3 is 10.1 Å². The second-order valence-electron chi connectivity index (χ2n) is 8.74. The standard InChI is InChI=1S/C21H32N2O3S/c1-15-3-4-21(16(2)9-15)27(24,25)23-13-18-10-20(11-19(18)14-23)22-12-17-5-7-26-8-6-17/h3-4,9,17-20,22H,5-8,10-14H2,1-2H3/t18-,19+,20-.